The van der Waals surface area contributed by atoms with Crippen LogP contribution >= 0.6 is 15.9 Å². The number of aryl methyl sites for hydroxylation is 2. The summed E-state index contributed by atoms with van der Waals surface area (Å²) in [6, 6.07) is 6.68. The first kappa shape index (κ1) is 62.4. The molecule has 80 heavy (non-hydrogen) atoms. The number of allylic oxidation sites excluding steroid dienone is 2. The van der Waals surface area contributed by atoms with E-state index in [4.69, 9.17) is 51.2 Å². The number of ether oxygens (including phenoxy) is 6. The molecule has 11 rings (SSSR count). The Morgan fingerprint density at radius 2 is 1.05 bits per heavy atom. The quantitative estimate of drug-likeness (QED) is 0.0749. The standard InChI is InChI=1S/C26H36N4O3Si.C23H35BN4O3Si.C9H13BrO2.O.Pd/c1-29-17-22(16-28-29)24-18-30(19-31-11-12-34(2,3)4)25-23(24)14-21(15-27-25)13-20-5-7-26(8-6-20)32-9-10-33-26;1-22(2)23(3,4)31-24(30-22)18-11-19-20(17-12-26-27(5)14-17)15-28(21(19)25-13-18)16-29-9-10-32(6,7)8;10-7-8-1-3-9(4-2-8)11-5-6-12-9;;/h13-18H,5-12,19H2,1-4H3;11-15H,9-10,16H2,1-8H3;7H,1-6H2;;. The second-order valence-corrected chi connectivity index (χ2v) is 36.9. The van der Waals surface area contributed by atoms with Crippen molar-refractivity contribution in [3.05, 3.63) is 83.4 Å². The minimum atomic E-state index is -1.13. The van der Waals surface area contributed by atoms with E-state index in [1.165, 1.54) is 30.3 Å². The molecule has 6 aromatic rings. The van der Waals surface area contributed by atoms with Gasteiger partial charge >= 0.3 is 29.7 Å². The average molecular weight is 1290 g/mol. The van der Waals surface area contributed by atoms with Crippen molar-refractivity contribution in [2.75, 3.05) is 39.6 Å². The Balaban J connectivity index is 0.000000170. The van der Waals surface area contributed by atoms with Gasteiger partial charge in [0, 0.05) is 145 Å². The van der Waals surface area contributed by atoms with Crippen LogP contribution in [0.25, 0.3) is 50.4 Å². The SMILES string of the molecule is BrC=C1CCC2(CC1)OCCO2.Cn1cc(-c2cn(COCC[Si](C)(C)C)c3ncc(B4OC(C)(C)C(C)(C)O4)cc23)cn1.Cn1cc(-c2cn(COCC[Si](C)(C)C)c3ncc(C=C4CCC5(CC4)OCCO5)cc23)cn1.[O]=[Pd]. The Morgan fingerprint density at radius 1 is 0.625 bits per heavy atom. The van der Waals surface area contributed by atoms with Crippen LogP contribution in [0, 0.1) is 0 Å². The minimum absolute atomic E-state index is 0.209. The molecule has 0 N–H and O–H groups in total. The van der Waals surface area contributed by atoms with Gasteiger partial charge in [-0.2, -0.15) is 10.2 Å². The molecule has 17 nitrogen and oxygen atoms in total. The summed E-state index contributed by atoms with van der Waals surface area (Å²) >= 11 is 4.86. The predicted octanol–water partition coefficient (Wildman–Crippen LogP) is 12.0. The number of hydrogen-bond donors (Lipinski definition) is 0. The van der Waals surface area contributed by atoms with Crippen molar-refractivity contribution in [1.82, 2.24) is 38.7 Å². The molecule has 0 bridgehead atoms. The third-order valence-corrected chi connectivity index (χ3v) is 20.0. The molecule has 2 spiro atoms. The molecule has 3 saturated heterocycles. The van der Waals surface area contributed by atoms with E-state index in [2.05, 4.69) is 139 Å². The van der Waals surface area contributed by atoms with E-state index in [1.54, 1.807) is 0 Å². The summed E-state index contributed by atoms with van der Waals surface area (Å²) in [5.74, 6) is -0.542. The second-order valence-electron chi connectivity index (χ2n) is 25.2. The molecule has 9 heterocycles. The Labute approximate surface area is 494 Å². The first-order chi connectivity index (χ1) is 38.0. The van der Waals surface area contributed by atoms with Gasteiger partial charge in [-0.25, -0.2) is 9.97 Å². The Bertz CT molecular complexity index is 3050. The zero-order chi connectivity index (χ0) is 57.5. The van der Waals surface area contributed by atoms with Gasteiger partial charge in [0.1, 0.15) is 24.8 Å². The number of rotatable bonds is 14. The predicted molar refractivity (Wildman–Crippen MR) is 320 cm³/mol. The van der Waals surface area contributed by atoms with Gasteiger partial charge < -0.3 is 46.9 Å². The maximum atomic E-state index is 8.10. The number of hydrogen-bond acceptors (Lipinski definition) is 13. The summed E-state index contributed by atoms with van der Waals surface area (Å²) in [7, 11) is 1.18. The first-order valence-electron chi connectivity index (χ1n) is 28.1. The Hall–Kier alpha value is -3.60. The fourth-order valence-electron chi connectivity index (χ4n) is 10.4. The van der Waals surface area contributed by atoms with Gasteiger partial charge in [-0.1, -0.05) is 72.4 Å². The van der Waals surface area contributed by atoms with E-state index in [0.717, 1.165) is 158 Å². The van der Waals surface area contributed by atoms with Crippen molar-refractivity contribution >= 4 is 72.8 Å². The number of fused-ring (bicyclic) bond motifs is 2. The second kappa shape index (κ2) is 26.5. The van der Waals surface area contributed by atoms with Gasteiger partial charge in [0.05, 0.1) is 50.0 Å². The monoisotopic (exact) mass is 1290 g/mol. The molecule has 438 valence electrons. The maximum absolute atomic E-state index is 8.10. The third-order valence-electron chi connectivity index (χ3n) is 15.9. The van der Waals surface area contributed by atoms with Crippen LogP contribution in [-0.2, 0) is 87.9 Å². The average Bonchev–Trinajstić information content (AvgIpc) is 4.39. The van der Waals surface area contributed by atoms with Crippen LogP contribution < -0.4 is 5.46 Å². The van der Waals surface area contributed by atoms with Gasteiger partial charge in [0.25, 0.3) is 0 Å². The van der Waals surface area contributed by atoms with Gasteiger partial charge in [-0.05, 0) is 88.1 Å². The van der Waals surface area contributed by atoms with Gasteiger partial charge in [0.15, 0.2) is 11.6 Å². The normalized spacial score (nSPS) is 19.3. The molecule has 0 unspecified atom stereocenters. The molecular weight excluding hydrogens is 1210 g/mol. The van der Waals surface area contributed by atoms with Crippen molar-refractivity contribution < 1.29 is 60.4 Å². The van der Waals surface area contributed by atoms with Crippen molar-refractivity contribution in [2.24, 2.45) is 14.1 Å². The zero-order valence-corrected chi connectivity index (χ0v) is 54.3. The van der Waals surface area contributed by atoms with Crippen LogP contribution in [0.15, 0.2) is 77.8 Å². The molecule has 22 heteroatoms. The molecule has 0 atom stereocenters. The molecule has 5 aliphatic rings. The molecule has 6 aromatic heterocycles. The van der Waals surface area contributed by atoms with E-state index in [1.807, 2.05) is 59.4 Å². The fourth-order valence-corrected chi connectivity index (χ4v) is 12.4. The summed E-state index contributed by atoms with van der Waals surface area (Å²) < 4.78 is 63.6. The number of nitrogens with zero attached hydrogens (tertiary/aromatic N) is 8. The Morgan fingerprint density at radius 3 is 1.46 bits per heavy atom. The van der Waals surface area contributed by atoms with E-state index < -0.39 is 34.5 Å². The molecule has 2 saturated carbocycles. The molecule has 0 amide bonds. The molecule has 5 fully saturated rings. The summed E-state index contributed by atoms with van der Waals surface area (Å²) in [6.07, 6.45) is 26.4. The number of pyridine rings is 2. The summed E-state index contributed by atoms with van der Waals surface area (Å²) in [4.78, 5) is 11.7. The zero-order valence-electron chi connectivity index (χ0n) is 49.2. The third kappa shape index (κ3) is 15.8. The van der Waals surface area contributed by atoms with Crippen molar-refractivity contribution in [1.29, 1.82) is 0 Å². The Kier molecular flexibility index (Phi) is 20.7. The summed E-state index contributed by atoms with van der Waals surface area (Å²) in [5.41, 5.74) is 10.4. The van der Waals surface area contributed by atoms with E-state index in [-0.39, 0.29) is 11.6 Å². The molecule has 0 aromatic carbocycles. The van der Waals surface area contributed by atoms with Gasteiger partial charge in [0.2, 0.25) is 0 Å². The van der Waals surface area contributed by atoms with Crippen LogP contribution in [0.3, 0.4) is 0 Å². The summed E-state index contributed by atoms with van der Waals surface area (Å²) in [6.45, 7) is 28.0. The fraction of sp³-hybridized carbons (Fsp3) is 0.586. The molecule has 0 radical (unpaired) electrons. The van der Waals surface area contributed by atoms with Gasteiger partial charge in [-0.15, -0.1) is 0 Å². The van der Waals surface area contributed by atoms with Crippen LogP contribution in [0.4, 0.5) is 0 Å². The van der Waals surface area contributed by atoms with E-state index in [9.17, 15) is 0 Å². The molecular formula is C58H84BBrN8O9PdSi2. The topological polar surface area (TPSA) is 162 Å². The van der Waals surface area contributed by atoms with E-state index >= 15 is 0 Å². The summed E-state index contributed by atoms with van der Waals surface area (Å²) in [5, 5.41) is 10.9. The van der Waals surface area contributed by atoms with Crippen LogP contribution in [0.5, 0.6) is 0 Å². The van der Waals surface area contributed by atoms with Crippen molar-refractivity contribution in [3.8, 4) is 22.3 Å². The number of halogens is 1. The first-order valence-corrected chi connectivity index (χ1v) is 37.1. The van der Waals surface area contributed by atoms with Crippen molar-refractivity contribution in [2.45, 2.75) is 167 Å². The molecule has 2 aliphatic carbocycles. The van der Waals surface area contributed by atoms with E-state index in [0.29, 0.717) is 13.5 Å². The van der Waals surface area contributed by atoms with Crippen LogP contribution in [0.2, 0.25) is 51.4 Å². The van der Waals surface area contributed by atoms with Crippen LogP contribution in [-0.4, -0.2) is 124 Å². The number of aromatic nitrogens is 8. The van der Waals surface area contributed by atoms with Gasteiger partial charge in [-0.3, -0.25) is 9.36 Å². The van der Waals surface area contributed by atoms with Crippen LogP contribution in [0.1, 0.15) is 84.6 Å². The molecule has 3 aliphatic heterocycles. The van der Waals surface area contributed by atoms with Crippen molar-refractivity contribution in [3.63, 3.8) is 0 Å².